The molecule has 0 aliphatic heterocycles. The zero-order valence-electron chi connectivity index (χ0n) is 9.68. The molecule has 1 amide bonds. The molecule has 0 fully saturated rings. The molecule has 19 heavy (non-hydrogen) atoms. The van der Waals surface area contributed by atoms with Crippen molar-refractivity contribution in [3.8, 4) is 0 Å². The van der Waals surface area contributed by atoms with Crippen LogP contribution in [0.4, 0.5) is 5.69 Å². The average Bonchev–Trinajstić information content (AvgIpc) is 2.84. The molecule has 0 aliphatic rings. The average molecular weight is 280 g/mol. The van der Waals surface area contributed by atoms with Crippen LogP contribution >= 0.6 is 11.6 Å². The summed E-state index contributed by atoms with van der Waals surface area (Å²) in [5.74, 6) is -1.42. The fourth-order valence-corrected chi connectivity index (χ4v) is 1.73. The van der Waals surface area contributed by atoms with Gasteiger partial charge in [0.1, 0.15) is 0 Å². The largest absolute Gasteiger partial charge is 0.478 e. The van der Waals surface area contributed by atoms with Gasteiger partial charge < -0.3 is 10.4 Å². The molecule has 3 N–H and O–H groups in total. The number of aromatic carboxylic acids is 1. The third-order valence-electron chi connectivity index (χ3n) is 2.39. The van der Waals surface area contributed by atoms with Crippen LogP contribution in [0.5, 0.6) is 0 Å². The molecule has 2 rings (SSSR count). The van der Waals surface area contributed by atoms with E-state index in [2.05, 4.69) is 15.5 Å². The van der Waals surface area contributed by atoms with Crippen molar-refractivity contribution >= 4 is 29.2 Å². The zero-order chi connectivity index (χ0) is 13.8. The quantitative estimate of drug-likeness (QED) is 0.797. The first-order chi connectivity index (χ1) is 9.06. The number of halogens is 1. The summed E-state index contributed by atoms with van der Waals surface area (Å²) in [5.41, 5.74) is 0.997. The number of benzene rings is 1. The zero-order valence-corrected chi connectivity index (χ0v) is 10.4. The predicted octanol–water partition coefficient (Wildman–Crippen LogP) is 1.94. The molecule has 0 radical (unpaired) electrons. The van der Waals surface area contributed by atoms with Crippen molar-refractivity contribution in [1.82, 2.24) is 10.2 Å². The van der Waals surface area contributed by atoms with Crippen LogP contribution in [0.3, 0.4) is 0 Å². The fourth-order valence-electron chi connectivity index (χ4n) is 1.53. The van der Waals surface area contributed by atoms with Crippen LogP contribution in [0.1, 0.15) is 16.1 Å². The number of hydrogen-bond donors (Lipinski definition) is 3. The molecule has 0 unspecified atom stereocenters. The second-order valence-corrected chi connectivity index (χ2v) is 4.21. The first kappa shape index (κ1) is 13.1. The molecule has 0 saturated carbocycles. The van der Waals surface area contributed by atoms with E-state index in [0.717, 1.165) is 0 Å². The highest BCUT2D eigenvalue weighted by Gasteiger charge is 2.11. The van der Waals surface area contributed by atoms with Crippen LogP contribution < -0.4 is 5.32 Å². The highest BCUT2D eigenvalue weighted by molar-refractivity contribution is 6.33. The molecule has 1 aromatic heterocycles. The summed E-state index contributed by atoms with van der Waals surface area (Å²) < 4.78 is 0. The fraction of sp³-hybridized carbons (Fsp3) is 0.0833. The van der Waals surface area contributed by atoms with Gasteiger partial charge >= 0.3 is 5.97 Å². The number of nitrogens with one attached hydrogen (secondary N) is 2. The number of carboxylic acid groups (broad SMARTS) is 1. The number of anilines is 1. The number of nitrogens with zero attached hydrogens (tertiary/aromatic N) is 1. The second kappa shape index (κ2) is 5.53. The summed E-state index contributed by atoms with van der Waals surface area (Å²) >= 11 is 5.74. The van der Waals surface area contributed by atoms with Crippen LogP contribution in [-0.4, -0.2) is 27.2 Å². The van der Waals surface area contributed by atoms with E-state index in [1.165, 1.54) is 12.1 Å². The number of carbonyl (C=O) groups excluding carboxylic acids is 1. The lowest BCUT2D eigenvalue weighted by Gasteiger charge is -2.06. The summed E-state index contributed by atoms with van der Waals surface area (Å²) in [7, 11) is 0. The SMILES string of the molecule is O=C(Cc1ccn[nH]1)Nc1ccc(Cl)c(C(=O)O)c1. The van der Waals surface area contributed by atoms with E-state index in [9.17, 15) is 9.59 Å². The van der Waals surface area contributed by atoms with Gasteiger partial charge in [0.25, 0.3) is 0 Å². The summed E-state index contributed by atoms with van der Waals surface area (Å²) in [6.07, 6.45) is 1.68. The van der Waals surface area contributed by atoms with Crippen molar-refractivity contribution in [2.24, 2.45) is 0 Å². The maximum Gasteiger partial charge on any atom is 0.337 e. The van der Waals surface area contributed by atoms with Crippen molar-refractivity contribution in [2.45, 2.75) is 6.42 Å². The minimum Gasteiger partial charge on any atom is -0.478 e. The van der Waals surface area contributed by atoms with Crippen molar-refractivity contribution in [2.75, 3.05) is 5.32 Å². The Morgan fingerprint density at radius 3 is 2.79 bits per heavy atom. The second-order valence-electron chi connectivity index (χ2n) is 3.81. The molecule has 0 spiro atoms. The normalized spacial score (nSPS) is 10.2. The van der Waals surface area contributed by atoms with Gasteiger partial charge in [-0.2, -0.15) is 5.10 Å². The van der Waals surface area contributed by atoms with Crippen LogP contribution in [0, 0.1) is 0 Å². The van der Waals surface area contributed by atoms with E-state index in [1.54, 1.807) is 18.3 Å². The Bertz CT molecular complexity index is 611. The van der Waals surface area contributed by atoms with Gasteiger partial charge in [-0.05, 0) is 24.3 Å². The number of carbonyl (C=O) groups is 2. The van der Waals surface area contributed by atoms with Crippen LogP contribution in [0.15, 0.2) is 30.5 Å². The Balaban J connectivity index is 2.09. The first-order valence-corrected chi connectivity index (χ1v) is 5.75. The van der Waals surface area contributed by atoms with Crippen LogP contribution in [-0.2, 0) is 11.2 Å². The topological polar surface area (TPSA) is 95.1 Å². The Hall–Kier alpha value is -2.34. The van der Waals surface area contributed by atoms with E-state index >= 15 is 0 Å². The van der Waals surface area contributed by atoms with Crippen molar-refractivity contribution in [3.05, 3.63) is 46.7 Å². The summed E-state index contributed by atoms with van der Waals surface area (Å²) in [6, 6.07) is 5.97. The Morgan fingerprint density at radius 1 is 1.37 bits per heavy atom. The molecule has 0 saturated heterocycles. The number of hydrogen-bond acceptors (Lipinski definition) is 3. The summed E-state index contributed by atoms with van der Waals surface area (Å²) in [4.78, 5) is 22.6. The molecule has 1 aromatic carbocycles. The molecule has 1 heterocycles. The molecule has 0 bridgehead atoms. The standard InChI is InChI=1S/C12H10ClN3O3/c13-10-2-1-7(5-9(10)12(18)19)15-11(17)6-8-3-4-14-16-8/h1-5H,6H2,(H,14,16)(H,15,17)(H,18,19). The van der Waals surface area contributed by atoms with Crippen LogP contribution in [0.25, 0.3) is 0 Å². The Morgan fingerprint density at radius 2 is 2.16 bits per heavy atom. The van der Waals surface area contributed by atoms with Gasteiger partial charge in [0.05, 0.1) is 17.0 Å². The van der Waals surface area contributed by atoms with Gasteiger partial charge in [-0.25, -0.2) is 4.79 Å². The maximum absolute atomic E-state index is 11.7. The lowest BCUT2D eigenvalue weighted by molar-refractivity contribution is -0.115. The molecule has 7 heteroatoms. The summed E-state index contributed by atoms with van der Waals surface area (Å²) in [6.45, 7) is 0. The minimum atomic E-state index is -1.14. The van der Waals surface area contributed by atoms with Gasteiger partial charge in [-0.3, -0.25) is 9.89 Å². The van der Waals surface area contributed by atoms with Gasteiger partial charge in [0, 0.05) is 17.6 Å². The maximum atomic E-state index is 11.7. The number of H-pyrrole nitrogens is 1. The smallest absolute Gasteiger partial charge is 0.337 e. The monoisotopic (exact) mass is 279 g/mol. The number of rotatable bonds is 4. The molecule has 0 atom stereocenters. The first-order valence-electron chi connectivity index (χ1n) is 5.37. The third kappa shape index (κ3) is 3.32. The predicted molar refractivity (Wildman–Crippen MR) is 69.3 cm³/mol. The molecule has 0 aliphatic carbocycles. The van der Waals surface area contributed by atoms with Crippen LogP contribution in [0.2, 0.25) is 5.02 Å². The number of aromatic nitrogens is 2. The van der Waals surface area contributed by atoms with Gasteiger partial charge in [0.2, 0.25) is 5.91 Å². The van der Waals surface area contributed by atoms with E-state index in [-0.39, 0.29) is 22.9 Å². The molecular weight excluding hydrogens is 270 g/mol. The Labute approximate surface area is 113 Å². The Kier molecular flexibility index (Phi) is 3.82. The van der Waals surface area contributed by atoms with Crippen molar-refractivity contribution in [3.63, 3.8) is 0 Å². The highest BCUT2D eigenvalue weighted by Crippen LogP contribution is 2.20. The van der Waals surface area contributed by atoms with Gasteiger partial charge in [-0.15, -0.1) is 0 Å². The van der Waals surface area contributed by atoms with Gasteiger partial charge in [0.15, 0.2) is 0 Å². The van der Waals surface area contributed by atoms with Gasteiger partial charge in [-0.1, -0.05) is 11.6 Å². The van der Waals surface area contributed by atoms with Crippen molar-refractivity contribution in [1.29, 1.82) is 0 Å². The lowest BCUT2D eigenvalue weighted by Crippen LogP contribution is -2.15. The summed E-state index contributed by atoms with van der Waals surface area (Å²) in [5, 5.41) is 18.0. The van der Waals surface area contributed by atoms with E-state index in [1.807, 2.05) is 0 Å². The molecule has 98 valence electrons. The number of carboxylic acids is 1. The highest BCUT2D eigenvalue weighted by atomic mass is 35.5. The minimum absolute atomic E-state index is 0.0546. The number of amides is 1. The third-order valence-corrected chi connectivity index (χ3v) is 2.72. The number of aromatic amines is 1. The van der Waals surface area contributed by atoms with E-state index < -0.39 is 5.97 Å². The molecule has 2 aromatic rings. The van der Waals surface area contributed by atoms with E-state index in [0.29, 0.717) is 11.4 Å². The van der Waals surface area contributed by atoms with E-state index in [4.69, 9.17) is 16.7 Å². The van der Waals surface area contributed by atoms with Crippen molar-refractivity contribution < 1.29 is 14.7 Å². The lowest BCUT2D eigenvalue weighted by atomic mass is 10.2. The molecular formula is C12H10ClN3O3. The molecule has 6 nitrogen and oxygen atoms in total.